The zero-order valence-electron chi connectivity index (χ0n) is 15.3. The van der Waals surface area contributed by atoms with E-state index in [1.165, 1.54) is 62.7 Å². The molecule has 4 aliphatic carbocycles. The molecule has 1 aromatic rings. The van der Waals surface area contributed by atoms with Crippen LogP contribution in [0, 0.1) is 23.2 Å². The highest BCUT2D eigenvalue weighted by molar-refractivity contribution is 8.01. The Balaban J connectivity index is 1.18. The molecule has 5 heteroatoms. The fourth-order valence-electron chi connectivity index (χ4n) is 6.06. The van der Waals surface area contributed by atoms with E-state index in [1.807, 2.05) is 0 Å². The van der Waals surface area contributed by atoms with Gasteiger partial charge in [-0.25, -0.2) is 4.98 Å². The first kappa shape index (κ1) is 17.8. The second kappa shape index (κ2) is 7.59. The van der Waals surface area contributed by atoms with Crippen molar-refractivity contribution < 1.29 is 4.79 Å². The number of thiazole rings is 1. The summed E-state index contributed by atoms with van der Waals surface area (Å²) in [6.07, 6.45) is 14.6. The van der Waals surface area contributed by atoms with Gasteiger partial charge >= 0.3 is 0 Å². The van der Waals surface area contributed by atoms with E-state index in [4.69, 9.17) is 0 Å². The van der Waals surface area contributed by atoms with Crippen molar-refractivity contribution in [2.24, 2.45) is 23.2 Å². The number of carbonyl (C=O) groups is 1. The molecule has 1 amide bonds. The maximum Gasteiger partial charge on any atom is 0.263 e. The van der Waals surface area contributed by atoms with Crippen LogP contribution in [0.1, 0.15) is 74.4 Å². The van der Waals surface area contributed by atoms with Crippen LogP contribution in [0.25, 0.3) is 0 Å². The number of amides is 1. The topological polar surface area (TPSA) is 42.0 Å². The lowest BCUT2D eigenvalue weighted by atomic mass is 9.48. The standard InChI is InChI=1S/C20H30N2OS2/c1-2-24-19-22-13-17(25-19)18(23)21-6-4-3-5-20-10-14-7-15(11-20)9-16(8-14)12-20/h13-16H,2-12H2,1H3,(H,21,23). The molecule has 4 saturated carbocycles. The molecular formula is C20H30N2OS2. The first-order chi connectivity index (χ1) is 12.2. The van der Waals surface area contributed by atoms with E-state index in [9.17, 15) is 4.79 Å². The van der Waals surface area contributed by atoms with E-state index in [0.717, 1.165) is 45.7 Å². The molecule has 0 aliphatic heterocycles. The van der Waals surface area contributed by atoms with Crippen LogP contribution in [0.5, 0.6) is 0 Å². The Morgan fingerprint density at radius 3 is 2.56 bits per heavy atom. The molecule has 0 spiro atoms. The van der Waals surface area contributed by atoms with Crippen molar-refractivity contribution in [3.05, 3.63) is 11.1 Å². The monoisotopic (exact) mass is 378 g/mol. The molecule has 25 heavy (non-hydrogen) atoms. The van der Waals surface area contributed by atoms with Gasteiger partial charge in [0.05, 0.1) is 6.20 Å². The van der Waals surface area contributed by atoms with Gasteiger partial charge in [0.15, 0.2) is 4.34 Å². The Bertz CT molecular complexity index is 577. The summed E-state index contributed by atoms with van der Waals surface area (Å²) in [4.78, 5) is 17.2. The lowest BCUT2D eigenvalue weighted by Gasteiger charge is -2.57. The molecule has 4 aliphatic rings. The van der Waals surface area contributed by atoms with E-state index in [-0.39, 0.29) is 5.91 Å². The SMILES string of the molecule is CCSc1ncc(C(=O)NCCCCC23CC4CC(CC(C4)C2)C3)s1. The van der Waals surface area contributed by atoms with Crippen molar-refractivity contribution in [3.63, 3.8) is 0 Å². The van der Waals surface area contributed by atoms with Gasteiger partial charge in [-0.1, -0.05) is 25.1 Å². The Morgan fingerprint density at radius 1 is 1.24 bits per heavy atom. The Kier molecular flexibility index (Phi) is 5.42. The summed E-state index contributed by atoms with van der Waals surface area (Å²) < 4.78 is 0.995. The largest absolute Gasteiger partial charge is 0.351 e. The van der Waals surface area contributed by atoms with Crippen LogP contribution in [-0.2, 0) is 0 Å². The molecule has 3 nitrogen and oxygen atoms in total. The number of thioether (sulfide) groups is 1. The Morgan fingerprint density at radius 2 is 1.92 bits per heavy atom. The second-order valence-corrected chi connectivity index (χ2v) is 11.1. The summed E-state index contributed by atoms with van der Waals surface area (Å²) in [6.45, 7) is 2.91. The van der Waals surface area contributed by atoms with Gasteiger partial charge in [-0.3, -0.25) is 4.79 Å². The summed E-state index contributed by atoms with van der Waals surface area (Å²) in [5.74, 6) is 4.20. The average Bonchev–Trinajstić information content (AvgIpc) is 3.02. The molecule has 0 saturated heterocycles. The minimum Gasteiger partial charge on any atom is -0.351 e. The molecule has 0 unspecified atom stereocenters. The lowest BCUT2D eigenvalue weighted by molar-refractivity contribution is -0.0582. The lowest BCUT2D eigenvalue weighted by Crippen LogP contribution is -2.45. The fraction of sp³-hybridized carbons (Fsp3) is 0.800. The van der Waals surface area contributed by atoms with Crippen LogP contribution in [0.15, 0.2) is 10.5 Å². The van der Waals surface area contributed by atoms with E-state index in [1.54, 1.807) is 18.0 Å². The minimum absolute atomic E-state index is 0.0512. The molecular weight excluding hydrogens is 348 g/mol. The number of hydrogen-bond acceptors (Lipinski definition) is 4. The first-order valence-electron chi connectivity index (χ1n) is 10.0. The molecule has 0 atom stereocenters. The number of aromatic nitrogens is 1. The Labute approximate surface area is 159 Å². The summed E-state index contributed by atoms with van der Waals surface area (Å²) in [5, 5.41) is 3.09. The summed E-state index contributed by atoms with van der Waals surface area (Å²) in [5.41, 5.74) is 0.683. The Hall–Kier alpha value is -0.550. The maximum absolute atomic E-state index is 12.2. The third-order valence-corrected chi connectivity index (χ3v) is 8.60. The van der Waals surface area contributed by atoms with E-state index < -0.39 is 0 Å². The molecule has 1 N–H and O–H groups in total. The molecule has 4 bridgehead atoms. The smallest absolute Gasteiger partial charge is 0.263 e. The molecule has 0 radical (unpaired) electrons. The average molecular weight is 379 g/mol. The number of nitrogens with one attached hydrogen (secondary N) is 1. The van der Waals surface area contributed by atoms with Crippen LogP contribution in [-0.4, -0.2) is 23.2 Å². The zero-order chi connectivity index (χ0) is 17.3. The normalized spacial score (nSPS) is 32.9. The van der Waals surface area contributed by atoms with Crippen molar-refractivity contribution in [1.29, 1.82) is 0 Å². The van der Waals surface area contributed by atoms with Crippen molar-refractivity contribution >= 4 is 29.0 Å². The number of unbranched alkanes of at least 4 members (excludes halogenated alkanes) is 1. The van der Waals surface area contributed by atoms with Crippen LogP contribution in [0.4, 0.5) is 0 Å². The van der Waals surface area contributed by atoms with E-state index >= 15 is 0 Å². The predicted octanol–water partition coefficient (Wildman–Crippen LogP) is 5.37. The summed E-state index contributed by atoms with van der Waals surface area (Å²) in [7, 11) is 0. The first-order valence-corrected chi connectivity index (χ1v) is 11.8. The second-order valence-electron chi connectivity index (χ2n) is 8.55. The number of hydrogen-bond donors (Lipinski definition) is 1. The van der Waals surface area contributed by atoms with Crippen molar-refractivity contribution in [1.82, 2.24) is 10.3 Å². The van der Waals surface area contributed by atoms with Crippen molar-refractivity contribution in [2.75, 3.05) is 12.3 Å². The molecule has 1 heterocycles. The molecule has 138 valence electrons. The zero-order valence-corrected chi connectivity index (χ0v) is 16.9. The fourth-order valence-corrected chi connectivity index (χ4v) is 7.86. The van der Waals surface area contributed by atoms with Gasteiger partial charge in [-0.15, -0.1) is 11.3 Å². The van der Waals surface area contributed by atoms with E-state index in [0.29, 0.717) is 5.41 Å². The molecule has 5 rings (SSSR count). The van der Waals surface area contributed by atoms with Gasteiger partial charge in [-0.2, -0.15) is 0 Å². The van der Waals surface area contributed by atoms with Crippen LogP contribution >= 0.6 is 23.1 Å². The minimum atomic E-state index is 0.0512. The summed E-state index contributed by atoms with van der Waals surface area (Å²) in [6, 6.07) is 0. The summed E-state index contributed by atoms with van der Waals surface area (Å²) >= 11 is 3.21. The number of nitrogens with zero attached hydrogens (tertiary/aromatic N) is 1. The van der Waals surface area contributed by atoms with Gasteiger partial charge < -0.3 is 5.32 Å². The predicted molar refractivity (Wildman–Crippen MR) is 105 cm³/mol. The maximum atomic E-state index is 12.2. The molecule has 0 aromatic carbocycles. The number of rotatable bonds is 8. The quantitative estimate of drug-likeness (QED) is 0.488. The third kappa shape index (κ3) is 4.08. The highest BCUT2D eigenvalue weighted by atomic mass is 32.2. The highest BCUT2D eigenvalue weighted by Crippen LogP contribution is 2.61. The molecule has 1 aromatic heterocycles. The van der Waals surface area contributed by atoms with Gasteiger partial charge in [0.2, 0.25) is 0 Å². The van der Waals surface area contributed by atoms with Gasteiger partial charge in [0.25, 0.3) is 5.91 Å². The third-order valence-electron chi connectivity index (χ3n) is 6.56. The van der Waals surface area contributed by atoms with Gasteiger partial charge in [0, 0.05) is 6.54 Å². The van der Waals surface area contributed by atoms with Crippen LogP contribution < -0.4 is 5.32 Å². The van der Waals surface area contributed by atoms with Crippen molar-refractivity contribution in [3.8, 4) is 0 Å². The highest BCUT2D eigenvalue weighted by Gasteiger charge is 2.50. The molecule has 4 fully saturated rings. The van der Waals surface area contributed by atoms with Crippen LogP contribution in [0.2, 0.25) is 0 Å². The van der Waals surface area contributed by atoms with Gasteiger partial charge in [-0.05, 0) is 80.3 Å². The van der Waals surface area contributed by atoms with Gasteiger partial charge in [0.1, 0.15) is 4.88 Å². The van der Waals surface area contributed by atoms with E-state index in [2.05, 4.69) is 17.2 Å². The number of carbonyl (C=O) groups excluding carboxylic acids is 1. The van der Waals surface area contributed by atoms with Crippen molar-refractivity contribution in [2.45, 2.75) is 69.1 Å². The van der Waals surface area contributed by atoms with Crippen LogP contribution in [0.3, 0.4) is 0 Å².